The minimum Gasteiger partial charge on any atom is -0.379 e. The van der Waals surface area contributed by atoms with Gasteiger partial charge in [-0.15, -0.1) is 12.4 Å². The number of hydrogen-bond acceptors (Lipinski definition) is 4. The topological polar surface area (TPSA) is 27.7 Å². The van der Waals surface area contributed by atoms with E-state index in [1.54, 1.807) is 0 Å². The lowest BCUT2D eigenvalue weighted by atomic mass is 9.93. The van der Waals surface area contributed by atoms with E-state index in [9.17, 15) is 0 Å². The molecule has 5 heteroatoms. The van der Waals surface area contributed by atoms with E-state index in [-0.39, 0.29) is 12.4 Å². The van der Waals surface area contributed by atoms with E-state index in [0.717, 1.165) is 38.1 Å². The maximum absolute atomic E-state index is 5.45. The van der Waals surface area contributed by atoms with Gasteiger partial charge in [-0.05, 0) is 57.2 Å². The van der Waals surface area contributed by atoms with Crippen molar-refractivity contribution in [2.75, 3.05) is 65.6 Å². The second-order valence-electron chi connectivity index (χ2n) is 6.87. The largest absolute Gasteiger partial charge is 0.379 e. The molecule has 0 spiro atoms. The van der Waals surface area contributed by atoms with Crippen LogP contribution < -0.4 is 5.32 Å². The second-order valence-corrected chi connectivity index (χ2v) is 6.87. The summed E-state index contributed by atoms with van der Waals surface area (Å²) in [5.74, 6) is 1.84. The molecular formula is C16H32ClN3O. The van der Waals surface area contributed by atoms with E-state index >= 15 is 0 Å². The minimum absolute atomic E-state index is 0. The van der Waals surface area contributed by atoms with Gasteiger partial charge in [-0.25, -0.2) is 0 Å². The summed E-state index contributed by atoms with van der Waals surface area (Å²) in [7, 11) is 0. The van der Waals surface area contributed by atoms with Crippen molar-refractivity contribution in [3.63, 3.8) is 0 Å². The highest BCUT2D eigenvalue weighted by atomic mass is 35.5. The molecule has 0 aromatic heterocycles. The molecule has 3 fully saturated rings. The van der Waals surface area contributed by atoms with Crippen LogP contribution in [-0.4, -0.2) is 75.4 Å². The van der Waals surface area contributed by atoms with Crippen molar-refractivity contribution in [3.8, 4) is 0 Å². The summed E-state index contributed by atoms with van der Waals surface area (Å²) < 4.78 is 5.45. The number of hydrogen-bond donors (Lipinski definition) is 1. The maximum Gasteiger partial charge on any atom is 0.0594 e. The van der Waals surface area contributed by atoms with E-state index in [0.29, 0.717) is 0 Å². The first-order valence-electron chi connectivity index (χ1n) is 8.63. The van der Waals surface area contributed by atoms with Gasteiger partial charge in [0.2, 0.25) is 0 Å². The van der Waals surface area contributed by atoms with Crippen LogP contribution in [-0.2, 0) is 4.74 Å². The van der Waals surface area contributed by atoms with Crippen LogP contribution in [0.1, 0.15) is 25.7 Å². The molecule has 124 valence electrons. The highest BCUT2D eigenvalue weighted by Crippen LogP contribution is 2.21. The van der Waals surface area contributed by atoms with Gasteiger partial charge in [0.15, 0.2) is 0 Å². The monoisotopic (exact) mass is 317 g/mol. The molecule has 1 atom stereocenters. The Hall–Kier alpha value is 0.130. The molecule has 0 bridgehead atoms. The summed E-state index contributed by atoms with van der Waals surface area (Å²) in [6.07, 6.45) is 5.59. The molecule has 0 amide bonds. The van der Waals surface area contributed by atoms with E-state index in [2.05, 4.69) is 15.1 Å². The molecule has 21 heavy (non-hydrogen) atoms. The van der Waals surface area contributed by atoms with Crippen LogP contribution in [0.2, 0.25) is 0 Å². The smallest absolute Gasteiger partial charge is 0.0594 e. The van der Waals surface area contributed by atoms with Gasteiger partial charge in [-0.1, -0.05) is 0 Å². The molecule has 0 aromatic rings. The number of likely N-dealkylation sites (tertiary alicyclic amines) is 1. The van der Waals surface area contributed by atoms with Crippen molar-refractivity contribution in [1.29, 1.82) is 0 Å². The van der Waals surface area contributed by atoms with Crippen molar-refractivity contribution >= 4 is 12.4 Å². The Morgan fingerprint density at radius 2 is 1.57 bits per heavy atom. The predicted molar refractivity (Wildman–Crippen MR) is 89.3 cm³/mol. The summed E-state index contributed by atoms with van der Waals surface area (Å²) in [5, 5.41) is 3.48. The zero-order valence-electron chi connectivity index (χ0n) is 13.3. The number of morpholine rings is 1. The SMILES string of the molecule is C1CC(CN2CCOCC2)CN(CC2CCNCC2)C1.Cl. The number of rotatable bonds is 4. The predicted octanol–water partition coefficient (Wildman–Crippen LogP) is 1.45. The molecule has 0 aromatic carbocycles. The summed E-state index contributed by atoms with van der Waals surface area (Å²) in [4.78, 5) is 5.37. The molecule has 3 saturated heterocycles. The fourth-order valence-electron chi connectivity index (χ4n) is 4.04. The Labute approximate surface area is 136 Å². The van der Waals surface area contributed by atoms with Crippen LogP contribution in [0.4, 0.5) is 0 Å². The zero-order valence-corrected chi connectivity index (χ0v) is 14.1. The van der Waals surface area contributed by atoms with Gasteiger partial charge in [0, 0.05) is 32.7 Å². The number of nitrogens with zero attached hydrogens (tertiary/aromatic N) is 2. The van der Waals surface area contributed by atoms with Crippen molar-refractivity contribution < 1.29 is 4.74 Å². The van der Waals surface area contributed by atoms with Gasteiger partial charge in [-0.3, -0.25) is 4.90 Å². The number of nitrogens with one attached hydrogen (secondary N) is 1. The Bertz CT molecular complexity index is 255. The molecule has 1 unspecified atom stereocenters. The molecule has 3 rings (SSSR count). The van der Waals surface area contributed by atoms with E-state index < -0.39 is 0 Å². The zero-order chi connectivity index (χ0) is 13.6. The molecule has 3 aliphatic heterocycles. The standard InChI is InChI=1S/C16H31N3O.ClH/c1-2-16(13-18-8-10-20-11-9-18)14-19(7-1)12-15-3-5-17-6-4-15;/h15-17H,1-14H2;1H. The van der Waals surface area contributed by atoms with Gasteiger partial charge in [0.1, 0.15) is 0 Å². The summed E-state index contributed by atoms with van der Waals surface area (Å²) >= 11 is 0. The van der Waals surface area contributed by atoms with Crippen molar-refractivity contribution in [2.45, 2.75) is 25.7 Å². The van der Waals surface area contributed by atoms with Gasteiger partial charge in [0.05, 0.1) is 13.2 Å². The molecule has 0 radical (unpaired) electrons. The van der Waals surface area contributed by atoms with Crippen molar-refractivity contribution in [1.82, 2.24) is 15.1 Å². The molecule has 0 saturated carbocycles. The van der Waals surface area contributed by atoms with Crippen LogP contribution in [0.25, 0.3) is 0 Å². The minimum atomic E-state index is 0. The van der Waals surface area contributed by atoms with Gasteiger partial charge in [-0.2, -0.15) is 0 Å². The van der Waals surface area contributed by atoms with Gasteiger partial charge in [0.25, 0.3) is 0 Å². The van der Waals surface area contributed by atoms with E-state index in [4.69, 9.17) is 4.74 Å². The molecule has 0 aliphatic carbocycles. The highest BCUT2D eigenvalue weighted by molar-refractivity contribution is 5.85. The van der Waals surface area contributed by atoms with Crippen molar-refractivity contribution in [3.05, 3.63) is 0 Å². The van der Waals surface area contributed by atoms with Gasteiger partial charge < -0.3 is 15.0 Å². The normalized spacial score (nSPS) is 30.0. The van der Waals surface area contributed by atoms with Crippen LogP contribution >= 0.6 is 12.4 Å². The first-order chi connectivity index (χ1) is 9.90. The second kappa shape index (κ2) is 9.31. The van der Waals surface area contributed by atoms with E-state index in [1.807, 2.05) is 0 Å². The fourth-order valence-corrected chi connectivity index (χ4v) is 4.04. The van der Waals surface area contributed by atoms with Crippen LogP contribution in [0.3, 0.4) is 0 Å². The first kappa shape index (κ1) is 17.5. The third-order valence-corrected chi connectivity index (χ3v) is 5.20. The van der Waals surface area contributed by atoms with Gasteiger partial charge >= 0.3 is 0 Å². The lowest BCUT2D eigenvalue weighted by Crippen LogP contribution is -2.46. The Morgan fingerprint density at radius 1 is 0.857 bits per heavy atom. The van der Waals surface area contributed by atoms with E-state index in [1.165, 1.54) is 65.0 Å². The number of halogens is 1. The Kier molecular flexibility index (Phi) is 7.75. The third kappa shape index (κ3) is 5.68. The van der Waals surface area contributed by atoms with Crippen molar-refractivity contribution in [2.24, 2.45) is 11.8 Å². The molecule has 4 nitrogen and oxygen atoms in total. The fraction of sp³-hybridized carbons (Fsp3) is 1.00. The Morgan fingerprint density at radius 3 is 2.33 bits per heavy atom. The molecule has 3 heterocycles. The summed E-state index contributed by atoms with van der Waals surface area (Å²) in [6, 6.07) is 0. The van der Waals surface area contributed by atoms with Crippen LogP contribution in [0.5, 0.6) is 0 Å². The third-order valence-electron chi connectivity index (χ3n) is 5.20. The average Bonchev–Trinajstić information content (AvgIpc) is 2.50. The number of ether oxygens (including phenoxy) is 1. The maximum atomic E-state index is 5.45. The summed E-state index contributed by atoms with van der Waals surface area (Å²) in [5.41, 5.74) is 0. The first-order valence-corrected chi connectivity index (χ1v) is 8.63. The summed E-state index contributed by atoms with van der Waals surface area (Å²) in [6.45, 7) is 11.9. The quantitative estimate of drug-likeness (QED) is 0.849. The lowest BCUT2D eigenvalue weighted by molar-refractivity contribution is 0.0216. The van der Waals surface area contributed by atoms with Crippen LogP contribution in [0.15, 0.2) is 0 Å². The number of piperidine rings is 2. The molecular weight excluding hydrogens is 286 g/mol. The average molecular weight is 318 g/mol. The molecule has 3 aliphatic rings. The highest BCUT2D eigenvalue weighted by Gasteiger charge is 2.25. The van der Waals surface area contributed by atoms with Crippen LogP contribution in [0, 0.1) is 11.8 Å². The molecule has 1 N–H and O–H groups in total. The lowest BCUT2D eigenvalue weighted by Gasteiger charge is -2.38. The Balaban J connectivity index is 0.00000161.